The number of likely N-dealkylation sites (N-methyl/N-ethyl adjacent to an activating group) is 1. The van der Waals surface area contributed by atoms with E-state index in [2.05, 4.69) is 15.9 Å². The highest BCUT2D eigenvalue weighted by Crippen LogP contribution is 2.28. The van der Waals surface area contributed by atoms with Gasteiger partial charge in [0.25, 0.3) is 0 Å². The van der Waals surface area contributed by atoms with E-state index in [4.69, 9.17) is 9.84 Å². The number of carboxylic acid groups (broad SMARTS) is 1. The smallest absolute Gasteiger partial charge is 0.318 e. The van der Waals surface area contributed by atoms with Crippen LogP contribution in [0.4, 0.5) is 0 Å². The fourth-order valence-corrected chi connectivity index (χ4v) is 3.16. The number of ether oxygens (including phenoxy) is 1. The summed E-state index contributed by atoms with van der Waals surface area (Å²) in [7, 11) is -2.61. The van der Waals surface area contributed by atoms with Gasteiger partial charge in [0, 0.05) is 7.05 Å². The van der Waals surface area contributed by atoms with Gasteiger partial charge < -0.3 is 9.84 Å². The minimum atomic E-state index is -3.82. The van der Waals surface area contributed by atoms with Gasteiger partial charge in [-0.3, -0.25) is 4.79 Å². The van der Waals surface area contributed by atoms with Crippen LogP contribution in [0.3, 0.4) is 0 Å². The second kappa shape index (κ2) is 6.36. The van der Waals surface area contributed by atoms with Crippen LogP contribution in [-0.4, -0.2) is 44.0 Å². The standard InChI is InChI=1S/C11H14BrNO5S/c1-3-18-10-5-4-8(6-9(10)12)19(16,17)13(2)7-11(14)15/h4-6H,3,7H2,1-2H3,(H,14,15). The monoisotopic (exact) mass is 351 g/mol. The Morgan fingerprint density at radius 3 is 2.58 bits per heavy atom. The number of benzene rings is 1. The third-order valence-electron chi connectivity index (χ3n) is 2.27. The van der Waals surface area contributed by atoms with Crippen LogP contribution in [0.15, 0.2) is 27.6 Å². The molecule has 0 unspecified atom stereocenters. The van der Waals surface area contributed by atoms with E-state index in [-0.39, 0.29) is 4.90 Å². The normalized spacial score (nSPS) is 11.6. The molecule has 0 fully saturated rings. The number of carboxylic acids is 1. The first kappa shape index (κ1) is 15.9. The zero-order valence-corrected chi connectivity index (χ0v) is 12.9. The van der Waals surface area contributed by atoms with Gasteiger partial charge in [0.05, 0.1) is 16.0 Å². The van der Waals surface area contributed by atoms with E-state index in [1.54, 1.807) is 0 Å². The van der Waals surface area contributed by atoms with Crippen molar-refractivity contribution in [3.63, 3.8) is 0 Å². The summed E-state index contributed by atoms with van der Waals surface area (Å²) < 4.78 is 30.7. The third-order valence-corrected chi connectivity index (χ3v) is 4.69. The van der Waals surface area contributed by atoms with Gasteiger partial charge in [0.1, 0.15) is 12.3 Å². The van der Waals surface area contributed by atoms with Crippen LogP contribution in [0.2, 0.25) is 0 Å². The summed E-state index contributed by atoms with van der Waals surface area (Å²) in [6.07, 6.45) is 0. The van der Waals surface area contributed by atoms with Gasteiger partial charge in [0.15, 0.2) is 0 Å². The molecule has 8 heteroatoms. The zero-order valence-electron chi connectivity index (χ0n) is 10.5. The molecule has 0 atom stereocenters. The molecule has 0 aromatic heterocycles. The van der Waals surface area contributed by atoms with E-state index in [1.807, 2.05) is 6.92 Å². The molecule has 106 valence electrons. The molecule has 0 saturated heterocycles. The Bertz CT molecular complexity index is 572. The molecule has 1 aromatic rings. The van der Waals surface area contributed by atoms with Crippen LogP contribution in [0.5, 0.6) is 5.75 Å². The summed E-state index contributed by atoms with van der Waals surface area (Å²) >= 11 is 3.22. The van der Waals surface area contributed by atoms with Crippen molar-refractivity contribution in [2.24, 2.45) is 0 Å². The summed E-state index contributed by atoms with van der Waals surface area (Å²) in [4.78, 5) is 10.6. The molecule has 1 aromatic carbocycles. The maximum absolute atomic E-state index is 12.1. The predicted molar refractivity (Wildman–Crippen MR) is 72.8 cm³/mol. The molecular weight excluding hydrogens is 338 g/mol. The van der Waals surface area contributed by atoms with Gasteiger partial charge >= 0.3 is 5.97 Å². The minimum absolute atomic E-state index is 0.00609. The summed E-state index contributed by atoms with van der Waals surface area (Å²) in [5, 5.41) is 8.63. The molecule has 0 aliphatic heterocycles. The predicted octanol–water partition coefficient (Wildman–Crippen LogP) is 1.55. The van der Waals surface area contributed by atoms with Crippen LogP contribution in [0, 0.1) is 0 Å². The van der Waals surface area contributed by atoms with Crippen molar-refractivity contribution in [1.82, 2.24) is 4.31 Å². The number of aliphatic carboxylic acids is 1. The van der Waals surface area contributed by atoms with Gasteiger partial charge in [-0.25, -0.2) is 8.42 Å². The molecule has 0 aliphatic rings. The lowest BCUT2D eigenvalue weighted by Gasteiger charge is -2.15. The van der Waals surface area contributed by atoms with E-state index in [9.17, 15) is 13.2 Å². The Morgan fingerprint density at radius 2 is 2.11 bits per heavy atom. The Hall–Kier alpha value is -1.12. The van der Waals surface area contributed by atoms with Crippen LogP contribution < -0.4 is 4.74 Å². The van der Waals surface area contributed by atoms with E-state index >= 15 is 0 Å². The van der Waals surface area contributed by atoms with Crippen LogP contribution >= 0.6 is 15.9 Å². The maximum atomic E-state index is 12.1. The summed E-state index contributed by atoms with van der Waals surface area (Å²) in [6.45, 7) is 1.69. The van der Waals surface area contributed by atoms with Crippen molar-refractivity contribution in [3.8, 4) is 5.75 Å². The lowest BCUT2D eigenvalue weighted by atomic mass is 10.3. The first-order valence-electron chi connectivity index (χ1n) is 5.39. The number of nitrogens with zero attached hydrogens (tertiary/aromatic N) is 1. The molecule has 0 bridgehead atoms. The van der Waals surface area contributed by atoms with Crippen molar-refractivity contribution in [3.05, 3.63) is 22.7 Å². The number of hydrogen-bond acceptors (Lipinski definition) is 4. The van der Waals surface area contributed by atoms with Gasteiger partial charge in [-0.2, -0.15) is 4.31 Å². The summed E-state index contributed by atoms with van der Waals surface area (Å²) in [5.41, 5.74) is 0. The molecule has 1 rings (SSSR count). The highest BCUT2D eigenvalue weighted by Gasteiger charge is 2.23. The SMILES string of the molecule is CCOc1ccc(S(=O)(=O)N(C)CC(=O)O)cc1Br. The van der Waals surface area contributed by atoms with Gasteiger partial charge in [0.2, 0.25) is 10.0 Å². The average molecular weight is 352 g/mol. The highest BCUT2D eigenvalue weighted by molar-refractivity contribution is 9.10. The average Bonchev–Trinajstić information content (AvgIpc) is 2.31. The van der Waals surface area contributed by atoms with E-state index in [1.165, 1.54) is 25.2 Å². The first-order valence-corrected chi connectivity index (χ1v) is 7.62. The molecule has 0 heterocycles. The molecule has 0 radical (unpaired) electrons. The van der Waals surface area contributed by atoms with Crippen molar-refractivity contribution < 1.29 is 23.1 Å². The second-order valence-corrected chi connectivity index (χ2v) is 6.58. The number of rotatable bonds is 6. The molecule has 0 aliphatic carbocycles. The van der Waals surface area contributed by atoms with E-state index < -0.39 is 22.5 Å². The number of sulfonamides is 1. The fraction of sp³-hybridized carbons (Fsp3) is 0.364. The topological polar surface area (TPSA) is 83.9 Å². The molecule has 0 saturated carbocycles. The van der Waals surface area contributed by atoms with Crippen LogP contribution in [0.25, 0.3) is 0 Å². The molecule has 0 spiro atoms. The molecular formula is C11H14BrNO5S. The minimum Gasteiger partial charge on any atom is -0.493 e. The van der Waals surface area contributed by atoms with Gasteiger partial charge in [-0.15, -0.1) is 0 Å². The quantitative estimate of drug-likeness (QED) is 0.840. The van der Waals surface area contributed by atoms with Gasteiger partial charge in [-0.1, -0.05) is 0 Å². The first-order chi connectivity index (χ1) is 8.78. The van der Waals surface area contributed by atoms with Crippen LogP contribution in [-0.2, 0) is 14.8 Å². The number of carbonyl (C=O) groups is 1. The lowest BCUT2D eigenvalue weighted by Crippen LogP contribution is -2.32. The summed E-state index contributed by atoms with van der Waals surface area (Å²) in [5.74, 6) is -0.682. The van der Waals surface area contributed by atoms with Crippen molar-refractivity contribution >= 4 is 31.9 Å². The van der Waals surface area contributed by atoms with Gasteiger partial charge in [-0.05, 0) is 41.1 Å². The zero-order chi connectivity index (χ0) is 14.6. The van der Waals surface area contributed by atoms with Crippen molar-refractivity contribution in [2.75, 3.05) is 20.2 Å². The largest absolute Gasteiger partial charge is 0.493 e. The number of hydrogen-bond donors (Lipinski definition) is 1. The van der Waals surface area contributed by atoms with E-state index in [0.29, 0.717) is 16.8 Å². The Labute approximate surface area is 120 Å². The van der Waals surface area contributed by atoms with Crippen LogP contribution in [0.1, 0.15) is 6.92 Å². The molecule has 0 amide bonds. The molecule has 1 N–H and O–H groups in total. The highest BCUT2D eigenvalue weighted by atomic mass is 79.9. The third kappa shape index (κ3) is 3.92. The lowest BCUT2D eigenvalue weighted by molar-refractivity contribution is -0.137. The Morgan fingerprint density at radius 1 is 1.47 bits per heavy atom. The Kier molecular flexibility index (Phi) is 5.33. The van der Waals surface area contributed by atoms with Crippen molar-refractivity contribution in [1.29, 1.82) is 0 Å². The molecule has 6 nitrogen and oxygen atoms in total. The second-order valence-electron chi connectivity index (χ2n) is 3.68. The molecule has 19 heavy (non-hydrogen) atoms. The number of halogens is 1. The fourth-order valence-electron chi connectivity index (χ4n) is 1.37. The summed E-state index contributed by atoms with van der Waals surface area (Å²) in [6, 6.07) is 4.29. The van der Waals surface area contributed by atoms with E-state index in [0.717, 1.165) is 4.31 Å². The maximum Gasteiger partial charge on any atom is 0.318 e. The Balaban J connectivity index is 3.09. The van der Waals surface area contributed by atoms with Crippen molar-refractivity contribution in [2.45, 2.75) is 11.8 Å².